The minimum atomic E-state index is -0.239. The average molecular weight is 314 g/mol. The highest BCUT2D eigenvalue weighted by Gasteiger charge is 2.26. The van der Waals surface area contributed by atoms with Gasteiger partial charge in [0.2, 0.25) is 5.91 Å². The lowest BCUT2D eigenvalue weighted by Crippen LogP contribution is -2.45. The van der Waals surface area contributed by atoms with Gasteiger partial charge in [0.1, 0.15) is 11.8 Å². The molecule has 6 heteroatoms. The Balaban J connectivity index is 1.69. The van der Waals surface area contributed by atoms with E-state index in [1.807, 2.05) is 48.6 Å². The first-order chi connectivity index (χ1) is 11.2. The summed E-state index contributed by atoms with van der Waals surface area (Å²) in [6.45, 7) is 4.16. The van der Waals surface area contributed by atoms with E-state index in [1.165, 1.54) is 0 Å². The molecule has 2 aromatic rings. The molecule has 0 aliphatic carbocycles. The van der Waals surface area contributed by atoms with E-state index in [1.54, 1.807) is 7.11 Å². The first kappa shape index (κ1) is 15.4. The van der Waals surface area contributed by atoms with Crippen LogP contribution >= 0.6 is 0 Å². The van der Waals surface area contributed by atoms with Crippen LogP contribution in [-0.4, -0.2) is 40.1 Å². The van der Waals surface area contributed by atoms with E-state index in [9.17, 15) is 4.79 Å². The van der Waals surface area contributed by atoms with Gasteiger partial charge in [0.05, 0.1) is 25.7 Å². The van der Waals surface area contributed by atoms with Gasteiger partial charge in [0, 0.05) is 31.0 Å². The number of methoxy groups -OCH3 is 1. The van der Waals surface area contributed by atoms with Crippen LogP contribution in [0.1, 0.15) is 19.0 Å². The van der Waals surface area contributed by atoms with Gasteiger partial charge >= 0.3 is 0 Å². The van der Waals surface area contributed by atoms with Gasteiger partial charge in [-0.05, 0) is 18.6 Å². The van der Waals surface area contributed by atoms with Crippen molar-refractivity contribution in [2.75, 3.05) is 19.0 Å². The summed E-state index contributed by atoms with van der Waals surface area (Å²) in [4.78, 5) is 18.9. The molecule has 1 N–H and O–H groups in total. The maximum absolute atomic E-state index is 12.8. The lowest BCUT2D eigenvalue weighted by molar-refractivity contribution is -0.133. The number of carbonyl (C=O) groups is 1. The normalized spacial score (nSPS) is 15.0. The Labute approximate surface area is 136 Å². The predicted molar refractivity (Wildman–Crippen MR) is 88.3 cm³/mol. The van der Waals surface area contributed by atoms with Crippen molar-refractivity contribution in [2.24, 2.45) is 0 Å². The summed E-state index contributed by atoms with van der Waals surface area (Å²) < 4.78 is 7.33. The fourth-order valence-corrected chi connectivity index (χ4v) is 2.85. The van der Waals surface area contributed by atoms with Crippen molar-refractivity contribution in [3.63, 3.8) is 0 Å². The number of imidazole rings is 1. The molecule has 122 valence electrons. The summed E-state index contributed by atoms with van der Waals surface area (Å²) in [5, 5.41) is 3.32. The molecule has 0 bridgehead atoms. The molecule has 0 spiro atoms. The summed E-state index contributed by atoms with van der Waals surface area (Å²) in [5.74, 6) is 0.905. The van der Waals surface area contributed by atoms with Crippen LogP contribution in [0.4, 0.5) is 5.69 Å². The summed E-state index contributed by atoms with van der Waals surface area (Å²) >= 11 is 0. The monoisotopic (exact) mass is 314 g/mol. The highest BCUT2D eigenvalue weighted by Crippen LogP contribution is 2.20. The maximum Gasteiger partial charge on any atom is 0.245 e. The van der Waals surface area contributed by atoms with Crippen molar-refractivity contribution in [2.45, 2.75) is 32.5 Å². The summed E-state index contributed by atoms with van der Waals surface area (Å²) in [5.41, 5.74) is 1.98. The number of benzene rings is 1. The Morgan fingerprint density at radius 3 is 3.09 bits per heavy atom. The molecule has 0 radical (unpaired) electrons. The zero-order valence-electron chi connectivity index (χ0n) is 13.5. The van der Waals surface area contributed by atoms with Gasteiger partial charge in [0.15, 0.2) is 0 Å². The van der Waals surface area contributed by atoms with Crippen LogP contribution in [0.3, 0.4) is 0 Å². The third-order valence-electron chi connectivity index (χ3n) is 4.19. The third kappa shape index (κ3) is 3.31. The van der Waals surface area contributed by atoms with E-state index in [0.29, 0.717) is 6.54 Å². The van der Waals surface area contributed by atoms with Crippen LogP contribution in [0.5, 0.6) is 5.75 Å². The number of anilines is 1. The zero-order chi connectivity index (χ0) is 16.2. The highest BCUT2D eigenvalue weighted by molar-refractivity contribution is 5.84. The number of amides is 1. The number of nitrogens with zero attached hydrogens (tertiary/aromatic N) is 3. The second kappa shape index (κ2) is 6.73. The average Bonchev–Trinajstić information content (AvgIpc) is 3.07. The molecular formula is C17H22N4O2. The number of rotatable bonds is 5. The highest BCUT2D eigenvalue weighted by atomic mass is 16.5. The van der Waals surface area contributed by atoms with Gasteiger partial charge in [-0.3, -0.25) is 4.79 Å². The van der Waals surface area contributed by atoms with E-state index in [-0.39, 0.29) is 11.9 Å². The van der Waals surface area contributed by atoms with E-state index in [4.69, 9.17) is 4.74 Å². The number of fused-ring (bicyclic) bond motifs is 1. The van der Waals surface area contributed by atoms with Gasteiger partial charge in [-0.15, -0.1) is 0 Å². The van der Waals surface area contributed by atoms with Crippen molar-refractivity contribution >= 4 is 11.6 Å². The topological polar surface area (TPSA) is 59.4 Å². The van der Waals surface area contributed by atoms with Crippen LogP contribution < -0.4 is 10.1 Å². The van der Waals surface area contributed by atoms with Crippen LogP contribution in [0.25, 0.3) is 0 Å². The van der Waals surface area contributed by atoms with Gasteiger partial charge in [0.25, 0.3) is 0 Å². The molecule has 1 aromatic heterocycles. The maximum atomic E-state index is 12.8. The molecule has 1 aliphatic rings. The molecular weight excluding hydrogens is 292 g/mol. The molecule has 23 heavy (non-hydrogen) atoms. The van der Waals surface area contributed by atoms with Crippen LogP contribution in [0.15, 0.2) is 36.8 Å². The third-order valence-corrected chi connectivity index (χ3v) is 4.19. The van der Waals surface area contributed by atoms with E-state index in [2.05, 4.69) is 14.9 Å². The number of hydrogen-bond acceptors (Lipinski definition) is 4. The molecule has 0 saturated heterocycles. The summed E-state index contributed by atoms with van der Waals surface area (Å²) in [6, 6.07) is 7.42. The second-order valence-corrected chi connectivity index (χ2v) is 5.68. The molecule has 0 unspecified atom stereocenters. The minimum Gasteiger partial charge on any atom is -0.497 e. The van der Waals surface area contributed by atoms with E-state index < -0.39 is 0 Å². The lowest BCUT2D eigenvalue weighted by atomic mass is 10.1. The molecule has 3 rings (SSSR count). The van der Waals surface area contributed by atoms with Crippen LogP contribution in [0.2, 0.25) is 0 Å². The smallest absolute Gasteiger partial charge is 0.245 e. The molecule has 6 nitrogen and oxygen atoms in total. The fraction of sp³-hybridized carbons (Fsp3) is 0.412. The van der Waals surface area contributed by atoms with Gasteiger partial charge in [-0.2, -0.15) is 0 Å². The first-order valence-electron chi connectivity index (χ1n) is 7.89. The number of aromatic nitrogens is 2. The minimum absolute atomic E-state index is 0.128. The quantitative estimate of drug-likeness (QED) is 0.918. The van der Waals surface area contributed by atoms with Crippen LogP contribution in [-0.2, 0) is 17.9 Å². The molecule has 1 aromatic carbocycles. The van der Waals surface area contributed by atoms with Crippen molar-refractivity contribution < 1.29 is 9.53 Å². The second-order valence-electron chi connectivity index (χ2n) is 5.68. The SMILES string of the molecule is CC[C@H](Nc1cccc(OC)c1)C(=O)N1CCn2cncc2C1. The Hall–Kier alpha value is -2.50. The van der Waals surface area contributed by atoms with E-state index >= 15 is 0 Å². The number of nitrogens with one attached hydrogen (secondary N) is 1. The van der Waals surface area contributed by atoms with Gasteiger partial charge < -0.3 is 19.5 Å². The summed E-state index contributed by atoms with van der Waals surface area (Å²) in [7, 11) is 1.64. The number of carbonyl (C=O) groups excluding carboxylic acids is 1. The van der Waals surface area contributed by atoms with Gasteiger partial charge in [-0.25, -0.2) is 4.98 Å². The Bertz CT molecular complexity index is 683. The van der Waals surface area contributed by atoms with Crippen molar-refractivity contribution in [3.8, 4) is 5.75 Å². The number of ether oxygens (including phenoxy) is 1. The van der Waals surface area contributed by atoms with Crippen molar-refractivity contribution in [1.82, 2.24) is 14.5 Å². The molecule has 1 aliphatic heterocycles. The lowest BCUT2D eigenvalue weighted by Gasteiger charge is -2.31. The van der Waals surface area contributed by atoms with Crippen molar-refractivity contribution in [1.29, 1.82) is 0 Å². The molecule has 0 fully saturated rings. The number of hydrogen-bond donors (Lipinski definition) is 1. The zero-order valence-corrected chi connectivity index (χ0v) is 13.5. The molecule has 0 saturated carbocycles. The largest absolute Gasteiger partial charge is 0.497 e. The first-order valence-corrected chi connectivity index (χ1v) is 7.89. The molecule has 1 atom stereocenters. The fourth-order valence-electron chi connectivity index (χ4n) is 2.85. The van der Waals surface area contributed by atoms with Crippen LogP contribution in [0, 0.1) is 0 Å². The van der Waals surface area contributed by atoms with Crippen molar-refractivity contribution in [3.05, 3.63) is 42.5 Å². The Morgan fingerprint density at radius 2 is 2.30 bits per heavy atom. The molecule has 2 heterocycles. The summed E-state index contributed by atoms with van der Waals surface area (Å²) in [6.07, 6.45) is 4.38. The van der Waals surface area contributed by atoms with E-state index in [0.717, 1.165) is 36.6 Å². The Morgan fingerprint density at radius 1 is 1.43 bits per heavy atom. The predicted octanol–water partition coefficient (Wildman–Crippen LogP) is 2.12. The standard InChI is InChI=1S/C17H22N4O2/c1-3-16(19-13-5-4-6-15(9-13)23-2)17(22)20-7-8-21-12-18-10-14(21)11-20/h4-6,9-10,12,16,19H,3,7-8,11H2,1-2H3/t16-/m0/s1. The molecule has 1 amide bonds. The van der Waals surface area contributed by atoms with Gasteiger partial charge in [-0.1, -0.05) is 13.0 Å². The Kier molecular flexibility index (Phi) is 4.50.